The molecule has 1 N–H and O–H groups in total. The van der Waals surface area contributed by atoms with Crippen LogP contribution in [-0.2, 0) is 16.2 Å². The molecule has 2 aromatic rings. The highest BCUT2D eigenvalue weighted by molar-refractivity contribution is 7.92. The molecule has 0 amide bonds. The van der Waals surface area contributed by atoms with Gasteiger partial charge in [-0.05, 0) is 56.5 Å². The second-order valence-electron chi connectivity index (χ2n) is 6.69. The lowest BCUT2D eigenvalue weighted by Crippen LogP contribution is -2.29. The van der Waals surface area contributed by atoms with Crippen LogP contribution in [0.3, 0.4) is 0 Å². The number of piperidine rings is 1. The summed E-state index contributed by atoms with van der Waals surface area (Å²) in [5.41, 5.74) is -0.138. The van der Waals surface area contributed by atoms with E-state index in [1.807, 2.05) is 4.90 Å². The van der Waals surface area contributed by atoms with Crippen molar-refractivity contribution in [2.45, 2.75) is 37.3 Å². The molecule has 3 rings (SSSR count). The summed E-state index contributed by atoms with van der Waals surface area (Å²) in [7, 11) is -4.11. The van der Waals surface area contributed by atoms with Crippen molar-refractivity contribution >= 4 is 21.4 Å². The maximum absolute atomic E-state index is 13.6. The summed E-state index contributed by atoms with van der Waals surface area (Å²) in [6, 6.07) is 9.68. The Morgan fingerprint density at radius 2 is 1.59 bits per heavy atom. The molecule has 27 heavy (non-hydrogen) atoms. The largest absolute Gasteiger partial charge is 0.418 e. The summed E-state index contributed by atoms with van der Waals surface area (Å²) in [4.78, 5) is 1.82. The summed E-state index contributed by atoms with van der Waals surface area (Å²) < 4.78 is 67.8. The van der Waals surface area contributed by atoms with Crippen LogP contribution in [0.2, 0.25) is 0 Å². The van der Waals surface area contributed by atoms with E-state index in [4.69, 9.17) is 0 Å². The molecule has 1 aliphatic heterocycles. The van der Waals surface area contributed by atoms with Crippen LogP contribution in [-0.4, -0.2) is 21.5 Å². The van der Waals surface area contributed by atoms with E-state index in [0.717, 1.165) is 30.9 Å². The van der Waals surface area contributed by atoms with Gasteiger partial charge >= 0.3 is 6.18 Å². The normalized spacial score (nSPS) is 15.6. The Hall–Kier alpha value is -2.22. The van der Waals surface area contributed by atoms with Gasteiger partial charge in [-0.15, -0.1) is 0 Å². The molecule has 1 aliphatic rings. The highest BCUT2D eigenvalue weighted by Gasteiger charge is 2.35. The number of anilines is 2. The van der Waals surface area contributed by atoms with Crippen LogP contribution in [0.1, 0.15) is 30.4 Å². The third-order valence-corrected chi connectivity index (χ3v) is 5.99. The first-order valence-corrected chi connectivity index (χ1v) is 10.2. The minimum absolute atomic E-state index is 0.0821. The van der Waals surface area contributed by atoms with E-state index in [1.54, 1.807) is 19.1 Å². The number of aryl methyl sites for hydroxylation is 1. The van der Waals surface area contributed by atoms with Crippen molar-refractivity contribution < 1.29 is 21.6 Å². The SMILES string of the molecule is Cc1ccc(S(=O)(=O)Nc2ccc(N3CCCCC3)cc2C(F)(F)F)cc1. The molecule has 0 saturated carbocycles. The third kappa shape index (κ3) is 4.55. The number of benzene rings is 2. The Morgan fingerprint density at radius 1 is 0.963 bits per heavy atom. The summed E-state index contributed by atoms with van der Waals surface area (Å²) in [6.07, 6.45) is -1.74. The average Bonchev–Trinajstić information content (AvgIpc) is 2.62. The number of hydrogen-bond acceptors (Lipinski definition) is 3. The standard InChI is InChI=1S/C19H21F3N2O2S/c1-14-5-8-16(9-6-14)27(25,26)23-18-10-7-15(13-17(18)19(20,21)22)24-11-3-2-4-12-24/h5-10,13,23H,2-4,11-12H2,1H3. The van der Waals surface area contributed by atoms with E-state index in [1.165, 1.54) is 24.3 Å². The maximum atomic E-state index is 13.6. The van der Waals surface area contributed by atoms with E-state index in [-0.39, 0.29) is 4.90 Å². The molecule has 0 aliphatic carbocycles. The van der Waals surface area contributed by atoms with E-state index in [2.05, 4.69) is 4.72 Å². The van der Waals surface area contributed by atoms with Crippen molar-refractivity contribution in [3.8, 4) is 0 Å². The fraction of sp³-hybridized carbons (Fsp3) is 0.368. The molecule has 0 aromatic heterocycles. The van der Waals surface area contributed by atoms with Gasteiger partial charge in [-0.2, -0.15) is 13.2 Å². The predicted molar refractivity (Wildman–Crippen MR) is 99.5 cm³/mol. The topological polar surface area (TPSA) is 49.4 Å². The highest BCUT2D eigenvalue weighted by Crippen LogP contribution is 2.38. The van der Waals surface area contributed by atoms with Crippen molar-refractivity contribution in [2.75, 3.05) is 22.7 Å². The molecule has 146 valence electrons. The second kappa shape index (κ2) is 7.42. The molecule has 0 radical (unpaired) electrons. The Kier molecular flexibility index (Phi) is 5.37. The Balaban J connectivity index is 1.95. The number of nitrogens with zero attached hydrogens (tertiary/aromatic N) is 1. The summed E-state index contributed by atoms with van der Waals surface area (Å²) in [5, 5.41) is 0. The fourth-order valence-corrected chi connectivity index (χ4v) is 4.21. The first-order chi connectivity index (χ1) is 12.7. The molecule has 1 saturated heterocycles. The van der Waals surface area contributed by atoms with Gasteiger partial charge in [0, 0.05) is 18.8 Å². The second-order valence-corrected chi connectivity index (χ2v) is 8.38. The molecule has 0 atom stereocenters. The lowest BCUT2D eigenvalue weighted by atomic mass is 10.1. The fourth-order valence-electron chi connectivity index (χ4n) is 3.13. The number of hydrogen-bond donors (Lipinski definition) is 1. The van der Waals surface area contributed by atoms with E-state index >= 15 is 0 Å². The summed E-state index contributed by atoms with van der Waals surface area (Å²) in [5.74, 6) is 0. The zero-order valence-electron chi connectivity index (χ0n) is 14.9. The van der Waals surface area contributed by atoms with Gasteiger partial charge in [0.2, 0.25) is 0 Å². The molecule has 8 heteroatoms. The zero-order chi connectivity index (χ0) is 19.7. The summed E-state index contributed by atoms with van der Waals surface area (Å²) in [6.45, 7) is 3.20. The molecule has 1 fully saturated rings. The van der Waals surface area contributed by atoms with Gasteiger partial charge in [0.25, 0.3) is 10.0 Å². The Bertz CT molecular complexity index is 904. The van der Waals surface area contributed by atoms with Crippen molar-refractivity contribution in [3.05, 3.63) is 53.6 Å². The first-order valence-electron chi connectivity index (χ1n) is 8.72. The van der Waals surface area contributed by atoms with Crippen molar-refractivity contribution in [3.63, 3.8) is 0 Å². The van der Waals surface area contributed by atoms with Gasteiger partial charge in [-0.25, -0.2) is 8.42 Å². The van der Waals surface area contributed by atoms with Crippen molar-refractivity contribution in [1.29, 1.82) is 0 Å². The van der Waals surface area contributed by atoms with E-state index in [0.29, 0.717) is 18.8 Å². The Labute approximate surface area is 157 Å². The molecular formula is C19H21F3N2O2S. The molecule has 0 bridgehead atoms. The summed E-state index contributed by atoms with van der Waals surface area (Å²) >= 11 is 0. The van der Waals surface area contributed by atoms with Crippen molar-refractivity contribution in [2.24, 2.45) is 0 Å². The van der Waals surface area contributed by atoms with Gasteiger partial charge in [0.15, 0.2) is 0 Å². The van der Waals surface area contributed by atoms with Gasteiger partial charge in [-0.1, -0.05) is 17.7 Å². The Morgan fingerprint density at radius 3 is 2.19 bits per heavy atom. The average molecular weight is 398 g/mol. The lowest BCUT2D eigenvalue weighted by molar-refractivity contribution is -0.136. The van der Waals surface area contributed by atoms with E-state index in [9.17, 15) is 21.6 Å². The number of nitrogens with one attached hydrogen (secondary N) is 1. The molecular weight excluding hydrogens is 377 g/mol. The molecule has 0 spiro atoms. The molecule has 0 unspecified atom stereocenters. The maximum Gasteiger partial charge on any atom is 0.418 e. The van der Waals surface area contributed by atoms with Gasteiger partial charge < -0.3 is 4.90 Å². The smallest absolute Gasteiger partial charge is 0.372 e. The highest BCUT2D eigenvalue weighted by atomic mass is 32.2. The molecule has 4 nitrogen and oxygen atoms in total. The third-order valence-electron chi connectivity index (χ3n) is 4.61. The molecule has 2 aromatic carbocycles. The minimum Gasteiger partial charge on any atom is -0.372 e. The van der Waals surface area contributed by atoms with Crippen LogP contribution in [0.15, 0.2) is 47.4 Å². The van der Waals surface area contributed by atoms with Crippen LogP contribution < -0.4 is 9.62 Å². The van der Waals surface area contributed by atoms with Crippen LogP contribution in [0.5, 0.6) is 0 Å². The van der Waals surface area contributed by atoms with Crippen LogP contribution in [0.25, 0.3) is 0 Å². The first kappa shape index (κ1) is 19.5. The number of alkyl halides is 3. The zero-order valence-corrected chi connectivity index (χ0v) is 15.7. The van der Waals surface area contributed by atoms with Crippen molar-refractivity contribution in [1.82, 2.24) is 0 Å². The number of rotatable bonds is 4. The van der Waals surface area contributed by atoms with Gasteiger partial charge in [0.1, 0.15) is 0 Å². The van der Waals surface area contributed by atoms with Crippen LogP contribution in [0, 0.1) is 6.92 Å². The quantitative estimate of drug-likeness (QED) is 0.805. The van der Waals surface area contributed by atoms with E-state index < -0.39 is 27.5 Å². The minimum atomic E-state index is -4.67. The monoisotopic (exact) mass is 398 g/mol. The predicted octanol–water partition coefficient (Wildman–Crippen LogP) is 4.80. The van der Waals surface area contributed by atoms with Gasteiger partial charge in [-0.3, -0.25) is 4.72 Å². The van der Waals surface area contributed by atoms with Crippen LogP contribution in [0.4, 0.5) is 24.5 Å². The molecule has 1 heterocycles. The number of sulfonamides is 1. The number of halogens is 3. The van der Waals surface area contributed by atoms with Crippen LogP contribution >= 0.6 is 0 Å². The van der Waals surface area contributed by atoms with Gasteiger partial charge in [0.05, 0.1) is 16.1 Å². The lowest BCUT2D eigenvalue weighted by Gasteiger charge is -2.29.